The first kappa shape index (κ1) is 15.0. The maximum Gasteiger partial charge on any atom is 0.239 e. The fourth-order valence-electron chi connectivity index (χ4n) is 2.83. The number of rotatable bonds is 4. The van der Waals surface area contributed by atoms with Gasteiger partial charge >= 0.3 is 0 Å². The molecule has 3 unspecified atom stereocenters. The van der Waals surface area contributed by atoms with Crippen LogP contribution in [0.2, 0.25) is 0 Å². The van der Waals surface area contributed by atoms with Crippen LogP contribution in [0.3, 0.4) is 0 Å². The van der Waals surface area contributed by atoms with Gasteiger partial charge in [0, 0.05) is 19.1 Å². The van der Waals surface area contributed by atoms with Crippen LogP contribution in [-0.2, 0) is 11.2 Å². The Morgan fingerprint density at radius 3 is 2.70 bits per heavy atom. The summed E-state index contributed by atoms with van der Waals surface area (Å²) in [4.78, 5) is 14.3. The van der Waals surface area contributed by atoms with Crippen molar-refractivity contribution in [1.82, 2.24) is 4.90 Å². The highest BCUT2D eigenvalue weighted by molar-refractivity contribution is 5.82. The van der Waals surface area contributed by atoms with Crippen LogP contribution in [0.15, 0.2) is 30.3 Å². The van der Waals surface area contributed by atoms with Crippen LogP contribution in [-0.4, -0.2) is 36.0 Å². The van der Waals surface area contributed by atoms with E-state index in [9.17, 15) is 4.79 Å². The van der Waals surface area contributed by atoms with Gasteiger partial charge < -0.3 is 16.4 Å². The number of amides is 1. The molecule has 0 aromatic heterocycles. The number of hydrogen-bond donors (Lipinski definition) is 2. The second-order valence-corrected chi connectivity index (χ2v) is 5.84. The third-order valence-electron chi connectivity index (χ3n) is 4.13. The molecule has 1 saturated heterocycles. The van der Waals surface area contributed by atoms with E-state index in [1.54, 1.807) is 0 Å². The molecule has 4 N–H and O–H groups in total. The first-order chi connectivity index (χ1) is 9.58. The highest BCUT2D eigenvalue weighted by atomic mass is 16.2. The van der Waals surface area contributed by atoms with Crippen molar-refractivity contribution in [3.63, 3.8) is 0 Å². The zero-order valence-electron chi connectivity index (χ0n) is 12.2. The molecule has 1 aliphatic heterocycles. The molecule has 1 aromatic carbocycles. The maximum absolute atomic E-state index is 12.4. The minimum atomic E-state index is -0.454. The lowest BCUT2D eigenvalue weighted by molar-refractivity contribution is -0.134. The Kier molecular flexibility index (Phi) is 5.15. The molecule has 1 aliphatic rings. The lowest BCUT2D eigenvalue weighted by atomic mass is 9.91. The van der Waals surface area contributed by atoms with Crippen LogP contribution < -0.4 is 11.5 Å². The molecule has 0 bridgehead atoms. The van der Waals surface area contributed by atoms with Gasteiger partial charge in [-0.05, 0) is 37.7 Å². The number of carbonyl (C=O) groups is 1. The molecular formula is C16H25N3O. The van der Waals surface area contributed by atoms with Gasteiger partial charge in [0.15, 0.2) is 0 Å². The van der Waals surface area contributed by atoms with Gasteiger partial charge in [-0.25, -0.2) is 0 Å². The Morgan fingerprint density at radius 2 is 2.05 bits per heavy atom. The third-order valence-corrected chi connectivity index (χ3v) is 4.13. The molecule has 20 heavy (non-hydrogen) atoms. The Balaban J connectivity index is 1.93. The molecule has 1 fully saturated rings. The molecular weight excluding hydrogens is 250 g/mol. The third kappa shape index (κ3) is 3.81. The molecule has 4 heteroatoms. The Labute approximate surface area is 121 Å². The lowest BCUT2D eigenvalue weighted by Gasteiger charge is -2.36. The first-order valence-electron chi connectivity index (χ1n) is 7.42. The molecule has 0 aliphatic carbocycles. The van der Waals surface area contributed by atoms with Crippen molar-refractivity contribution in [1.29, 1.82) is 0 Å². The summed E-state index contributed by atoms with van der Waals surface area (Å²) >= 11 is 0. The average molecular weight is 275 g/mol. The highest BCUT2D eigenvalue weighted by Crippen LogP contribution is 2.19. The number of piperidine rings is 1. The molecule has 1 heterocycles. The fourth-order valence-corrected chi connectivity index (χ4v) is 2.83. The van der Waals surface area contributed by atoms with Crippen LogP contribution in [0.1, 0.15) is 25.3 Å². The summed E-state index contributed by atoms with van der Waals surface area (Å²) in [5.74, 6) is 0.454. The van der Waals surface area contributed by atoms with Crippen LogP contribution in [0.5, 0.6) is 0 Å². The van der Waals surface area contributed by atoms with Crippen molar-refractivity contribution < 1.29 is 4.79 Å². The molecule has 0 spiro atoms. The minimum Gasteiger partial charge on any atom is -0.341 e. The molecule has 110 valence electrons. The van der Waals surface area contributed by atoms with Crippen molar-refractivity contribution in [2.45, 2.75) is 38.3 Å². The highest BCUT2D eigenvalue weighted by Gasteiger charge is 2.28. The zero-order chi connectivity index (χ0) is 14.5. The van der Waals surface area contributed by atoms with E-state index < -0.39 is 6.04 Å². The second-order valence-electron chi connectivity index (χ2n) is 5.84. The van der Waals surface area contributed by atoms with Crippen molar-refractivity contribution in [3.8, 4) is 0 Å². The summed E-state index contributed by atoms with van der Waals surface area (Å²) in [6.45, 7) is 3.58. The van der Waals surface area contributed by atoms with Gasteiger partial charge in [-0.3, -0.25) is 4.79 Å². The number of nitrogens with zero attached hydrogens (tertiary/aromatic N) is 1. The monoisotopic (exact) mass is 275 g/mol. The van der Waals surface area contributed by atoms with Crippen molar-refractivity contribution in [2.24, 2.45) is 17.4 Å². The maximum atomic E-state index is 12.4. The topological polar surface area (TPSA) is 72.3 Å². The number of benzene rings is 1. The van der Waals surface area contributed by atoms with E-state index in [2.05, 4.69) is 0 Å². The predicted molar refractivity (Wildman–Crippen MR) is 81.1 cm³/mol. The SMILES string of the molecule is CC(N)C1CCCN(C(=O)C(N)Cc2ccccc2)C1. The fraction of sp³-hybridized carbons (Fsp3) is 0.562. The Morgan fingerprint density at radius 1 is 1.35 bits per heavy atom. The van der Waals surface area contributed by atoms with Crippen LogP contribution in [0, 0.1) is 5.92 Å². The Bertz CT molecular complexity index is 433. The van der Waals surface area contributed by atoms with Crippen molar-refractivity contribution >= 4 is 5.91 Å². The van der Waals surface area contributed by atoms with E-state index in [0.717, 1.165) is 31.5 Å². The smallest absolute Gasteiger partial charge is 0.239 e. The zero-order valence-corrected chi connectivity index (χ0v) is 12.2. The number of likely N-dealkylation sites (tertiary alicyclic amines) is 1. The quantitative estimate of drug-likeness (QED) is 0.865. The largest absolute Gasteiger partial charge is 0.341 e. The molecule has 1 amide bonds. The van der Waals surface area contributed by atoms with E-state index in [1.807, 2.05) is 42.2 Å². The summed E-state index contributed by atoms with van der Waals surface area (Å²) in [7, 11) is 0. The predicted octanol–water partition coefficient (Wildman–Crippen LogP) is 1.14. The van der Waals surface area contributed by atoms with E-state index in [-0.39, 0.29) is 11.9 Å². The van der Waals surface area contributed by atoms with Gasteiger partial charge in [0.05, 0.1) is 6.04 Å². The lowest BCUT2D eigenvalue weighted by Crippen LogP contribution is -2.51. The molecule has 3 atom stereocenters. The summed E-state index contributed by atoms with van der Waals surface area (Å²) in [6, 6.07) is 9.61. The standard InChI is InChI=1S/C16H25N3O/c1-12(17)14-8-5-9-19(11-14)16(20)15(18)10-13-6-3-2-4-7-13/h2-4,6-7,12,14-15H,5,8-11,17-18H2,1H3. The first-order valence-corrected chi connectivity index (χ1v) is 7.42. The molecule has 1 aromatic rings. The summed E-state index contributed by atoms with van der Waals surface area (Å²) in [5, 5.41) is 0. The van der Waals surface area contributed by atoms with Gasteiger partial charge in [-0.1, -0.05) is 30.3 Å². The van der Waals surface area contributed by atoms with Gasteiger partial charge in [0.2, 0.25) is 5.91 Å². The van der Waals surface area contributed by atoms with Crippen molar-refractivity contribution in [3.05, 3.63) is 35.9 Å². The van der Waals surface area contributed by atoms with Gasteiger partial charge in [-0.15, -0.1) is 0 Å². The molecule has 4 nitrogen and oxygen atoms in total. The van der Waals surface area contributed by atoms with Crippen LogP contribution in [0.4, 0.5) is 0 Å². The van der Waals surface area contributed by atoms with Gasteiger partial charge in [0.25, 0.3) is 0 Å². The molecule has 0 radical (unpaired) electrons. The van der Waals surface area contributed by atoms with Crippen LogP contribution in [0.25, 0.3) is 0 Å². The average Bonchev–Trinajstić information content (AvgIpc) is 2.47. The summed E-state index contributed by atoms with van der Waals surface area (Å²) in [5.41, 5.74) is 13.1. The summed E-state index contributed by atoms with van der Waals surface area (Å²) < 4.78 is 0. The molecule has 0 saturated carbocycles. The van der Waals surface area contributed by atoms with Crippen molar-refractivity contribution in [2.75, 3.05) is 13.1 Å². The number of hydrogen-bond acceptors (Lipinski definition) is 3. The number of carbonyl (C=O) groups excluding carboxylic acids is 1. The van der Waals surface area contributed by atoms with Gasteiger partial charge in [-0.2, -0.15) is 0 Å². The van der Waals surface area contributed by atoms with E-state index >= 15 is 0 Å². The molecule has 2 rings (SSSR count). The van der Waals surface area contributed by atoms with E-state index in [0.29, 0.717) is 12.3 Å². The van der Waals surface area contributed by atoms with Crippen LogP contribution >= 0.6 is 0 Å². The van der Waals surface area contributed by atoms with E-state index in [1.165, 1.54) is 0 Å². The van der Waals surface area contributed by atoms with E-state index in [4.69, 9.17) is 11.5 Å². The van der Waals surface area contributed by atoms with Gasteiger partial charge in [0.1, 0.15) is 0 Å². The summed E-state index contributed by atoms with van der Waals surface area (Å²) in [6.07, 6.45) is 2.73. The second kappa shape index (κ2) is 6.86. The number of nitrogens with two attached hydrogens (primary N) is 2. The Hall–Kier alpha value is -1.39. The normalized spacial score (nSPS) is 22.4. The minimum absolute atomic E-state index is 0.0548.